The highest BCUT2D eigenvalue weighted by Gasteiger charge is 2.10. The predicted octanol–water partition coefficient (Wildman–Crippen LogP) is 3.11. The molecule has 4 nitrogen and oxygen atoms in total. The van der Waals surface area contributed by atoms with Crippen molar-refractivity contribution in [3.8, 4) is 0 Å². The molecule has 1 N–H and O–H groups in total. The third-order valence-corrected chi connectivity index (χ3v) is 4.03. The minimum Gasteiger partial charge on any atom is -0.267 e. The molecule has 1 aliphatic rings. The van der Waals surface area contributed by atoms with Crippen LogP contribution in [0.5, 0.6) is 0 Å². The van der Waals surface area contributed by atoms with Crippen LogP contribution in [-0.2, 0) is 12.8 Å². The first kappa shape index (κ1) is 14.4. The van der Waals surface area contributed by atoms with Gasteiger partial charge in [-0.1, -0.05) is 12.1 Å². The Morgan fingerprint density at radius 2 is 1.77 bits per heavy atom. The van der Waals surface area contributed by atoms with Crippen LogP contribution in [0, 0.1) is 0 Å². The minimum absolute atomic E-state index is 0.222. The second-order valence-electron chi connectivity index (χ2n) is 5.56. The summed E-state index contributed by atoms with van der Waals surface area (Å²) in [6.07, 6.45) is 8.03. The van der Waals surface area contributed by atoms with Crippen LogP contribution in [0.15, 0.2) is 47.8 Å². The van der Waals surface area contributed by atoms with Gasteiger partial charge in [0.1, 0.15) is 0 Å². The molecule has 0 atom stereocenters. The molecule has 1 aromatic carbocycles. The van der Waals surface area contributed by atoms with E-state index in [2.05, 4.69) is 33.7 Å². The van der Waals surface area contributed by atoms with Gasteiger partial charge in [-0.2, -0.15) is 5.10 Å². The zero-order chi connectivity index (χ0) is 15.4. The molecular formula is C18H19N3O. The number of carbonyl (C=O) groups is 1. The van der Waals surface area contributed by atoms with Crippen molar-refractivity contribution in [2.45, 2.75) is 32.6 Å². The first-order valence-electron chi connectivity index (χ1n) is 7.61. The van der Waals surface area contributed by atoms with E-state index >= 15 is 0 Å². The summed E-state index contributed by atoms with van der Waals surface area (Å²) in [4.78, 5) is 15.9. The summed E-state index contributed by atoms with van der Waals surface area (Å²) in [5, 5.41) is 4.22. The van der Waals surface area contributed by atoms with Crippen molar-refractivity contribution in [3.05, 3.63) is 65.0 Å². The third kappa shape index (κ3) is 3.22. The Bertz CT molecular complexity index is 708. The zero-order valence-corrected chi connectivity index (χ0v) is 12.7. The average molecular weight is 293 g/mol. The summed E-state index contributed by atoms with van der Waals surface area (Å²) in [7, 11) is 0. The fraction of sp³-hybridized carbons (Fsp3) is 0.278. The van der Waals surface area contributed by atoms with Gasteiger partial charge in [-0.25, -0.2) is 5.43 Å². The van der Waals surface area contributed by atoms with E-state index in [1.54, 1.807) is 24.5 Å². The third-order valence-electron chi connectivity index (χ3n) is 4.03. The first-order valence-corrected chi connectivity index (χ1v) is 7.61. The van der Waals surface area contributed by atoms with Gasteiger partial charge >= 0.3 is 0 Å². The van der Waals surface area contributed by atoms with Crippen molar-refractivity contribution in [2.75, 3.05) is 0 Å². The van der Waals surface area contributed by atoms with Crippen molar-refractivity contribution in [2.24, 2.45) is 5.10 Å². The summed E-state index contributed by atoms with van der Waals surface area (Å²) in [5.41, 5.74) is 7.90. The van der Waals surface area contributed by atoms with Gasteiger partial charge in [0.25, 0.3) is 5.91 Å². The van der Waals surface area contributed by atoms with Gasteiger partial charge in [0.15, 0.2) is 0 Å². The molecule has 0 aliphatic heterocycles. The summed E-state index contributed by atoms with van der Waals surface area (Å²) < 4.78 is 0. The smallest absolute Gasteiger partial charge is 0.267 e. The molecule has 0 bridgehead atoms. The zero-order valence-electron chi connectivity index (χ0n) is 12.7. The van der Waals surface area contributed by atoms with Crippen LogP contribution in [-0.4, -0.2) is 16.6 Å². The number of fused-ring (bicyclic) bond motifs is 1. The second kappa shape index (κ2) is 6.52. The predicted molar refractivity (Wildman–Crippen MR) is 87.0 cm³/mol. The average Bonchev–Trinajstić information content (AvgIpc) is 2.59. The van der Waals surface area contributed by atoms with Gasteiger partial charge in [0, 0.05) is 18.0 Å². The van der Waals surface area contributed by atoms with Gasteiger partial charge < -0.3 is 0 Å². The van der Waals surface area contributed by atoms with Crippen LogP contribution in [0.4, 0.5) is 0 Å². The maximum absolute atomic E-state index is 12.0. The van der Waals surface area contributed by atoms with E-state index in [4.69, 9.17) is 0 Å². The highest BCUT2D eigenvalue weighted by molar-refractivity contribution is 6.01. The first-order chi connectivity index (χ1) is 10.7. The number of hydrogen-bond donors (Lipinski definition) is 1. The minimum atomic E-state index is -0.222. The highest BCUT2D eigenvalue weighted by atomic mass is 16.2. The van der Waals surface area contributed by atoms with E-state index < -0.39 is 0 Å². The molecular weight excluding hydrogens is 274 g/mol. The molecule has 1 aliphatic carbocycles. The van der Waals surface area contributed by atoms with Gasteiger partial charge in [-0.3, -0.25) is 9.78 Å². The number of nitrogens with zero attached hydrogens (tertiary/aromatic N) is 2. The number of amides is 1. The number of carbonyl (C=O) groups excluding carboxylic acids is 1. The molecule has 1 heterocycles. The van der Waals surface area contributed by atoms with E-state index in [0.29, 0.717) is 5.56 Å². The Labute approximate surface area is 130 Å². The van der Waals surface area contributed by atoms with E-state index in [1.165, 1.54) is 30.4 Å². The van der Waals surface area contributed by atoms with Crippen LogP contribution in [0.3, 0.4) is 0 Å². The van der Waals surface area contributed by atoms with Crippen LogP contribution in [0.2, 0.25) is 0 Å². The van der Waals surface area contributed by atoms with Crippen LogP contribution < -0.4 is 5.43 Å². The van der Waals surface area contributed by atoms with E-state index in [1.807, 2.05) is 6.92 Å². The highest BCUT2D eigenvalue weighted by Crippen LogP contribution is 2.22. The number of rotatable bonds is 3. The maximum Gasteiger partial charge on any atom is 0.271 e. The number of hydrogen-bond acceptors (Lipinski definition) is 3. The van der Waals surface area contributed by atoms with Crippen molar-refractivity contribution in [3.63, 3.8) is 0 Å². The van der Waals surface area contributed by atoms with E-state index in [0.717, 1.165) is 17.7 Å². The summed E-state index contributed by atoms with van der Waals surface area (Å²) in [6, 6.07) is 9.80. The van der Waals surface area contributed by atoms with Gasteiger partial charge in [-0.15, -0.1) is 0 Å². The van der Waals surface area contributed by atoms with Gasteiger partial charge in [0.05, 0.1) is 5.71 Å². The second-order valence-corrected chi connectivity index (χ2v) is 5.56. The molecule has 3 rings (SSSR count). The monoisotopic (exact) mass is 293 g/mol. The lowest BCUT2D eigenvalue weighted by molar-refractivity contribution is 0.0954. The fourth-order valence-corrected chi connectivity index (χ4v) is 2.73. The molecule has 112 valence electrons. The fourth-order valence-electron chi connectivity index (χ4n) is 2.73. The largest absolute Gasteiger partial charge is 0.271 e. The summed E-state index contributed by atoms with van der Waals surface area (Å²) in [6.45, 7) is 1.91. The van der Waals surface area contributed by atoms with E-state index in [9.17, 15) is 4.79 Å². The van der Waals surface area contributed by atoms with Crippen LogP contribution in [0.1, 0.15) is 46.8 Å². The lowest BCUT2D eigenvalue weighted by Crippen LogP contribution is -2.19. The number of benzene rings is 1. The number of nitrogens with one attached hydrogen (secondary N) is 1. The van der Waals surface area contributed by atoms with E-state index in [-0.39, 0.29) is 5.91 Å². The number of aromatic nitrogens is 1. The van der Waals surface area contributed by atoms with Crippen molar-refractivity contribution < 1.29 is 4.79 Å². The normalized spacial score (nSPS) is 14.3. The molecule has 0 unspecified atom stereocenters. The number of aryl methyl sites for hydroxylation is 2. The van der Waals surface area contributed by atoms with Gasteiger partial charge in [-0.05, 0) is 67.5 Å². The quantitative estimate of drug-likeness (QED) is 0.698. The van der Waals surface area contributed by atoms with Crippen molar-refractivity contribution >= 4 is 11.6 Å². The molecule has 0 saturated heterocycles. The Morgan fingerprint density at radius 3 is 2.55 bits per heavy atom. The molecule has 0 saturated carbocycles. The Balaban J connectivity index is 1.73. The topological polar surface area (TPSA) is 54.4 Å². The van der Waals surface area contributed by atoms with Crippen molar-refractivity contribution in [1.29, 1.82) is 0 Å². The summed E-state index contributed by atoms with van der Waals surface area (Å²) in [5.74, 6) is -0.222. The SMILES string of the molecule is CC(=NNC(=O)c1ccncc1)c1ccc2c(c1)CCCC2. The molecule has 1 amide bonds. The molecule has 1 aromatic heterocycles. The standard InChI is InChI=1S/C18H19N3O/c1-13(20-21-18(22)15-8-10-19-11-9-15)16-7-6-14-4-2-3-5-17(14)12-16/h6-12H,2-5H2,1H3,(H,21,22). The maximum atomic E-state index is 12.0. The molecule has 0 spiro atoms. The molecule has 22 heavy (non-hydrogen) atoms. The Hall–Kier alpha value is -2.49. The Morgan fingerprint density at radius 1 is 1.05 bits per heavy atom. The molecule has 4 heteroatoms. The number of hydrazone groups is 1. The lowest BCUT2D eigenvalue weighted by Gasteiger charge is -2.16. The summed E-state index contributed by atoms with van der Waals surface area (Å²) >= 11 is 0. The van der Waals surface area contributed by atoms with Crippen LogP contribution in [0.25, 0.3) is 0 Å². The van der Waals surface area contributed by atoms with Crippen molar-refractivity contribution in [1.82, 2.24) is 10.4 Å². The molecule has 0 radical (unpaired) electrons. The lowest BCUT2D eigenvalue weighted by atomic mass is 9.90. The Kier molecular flexibility index (Phi) is 4.28. The van der Waals surface area contributed by atoms with Crippen LogP contribution >= 0.6 is 0 Å². The van der Waals surface area contributed by atoms with Gasteiger partial charge in [0.2, 0.25) is 0 Å². The molecule has 0 fully saturated rings. The molecule has 2 aromatic rings. The number of pyridine rings is 1.